The Kier molecular flexibility index (Phi) is 5.16. The van der Waals surface area contributed by atoms with Crippen LogP contribution in [0.15, 0.2) is 47.4 Å². The van der Waals surface area contributed by atoms with Gasteiger partial charge in [0.15, 0.2) is 0 Å². The summed E-state index contributed by atoms with van der Waals surface area (Å²) in [5.41, 5.74) is 0. The first-order valence-corrected chi connectivity index (χ1v) is 10.9. The molecule has 7 heteroatoms. The predicted molar refractivity (Wildman–Crippen MR) is 103 cm³/mol. The van der Waals surface area contributed by atoms with Crippen LogP contribution in [0.1, 0.15) is 12.8 Å². The first kappa shape index (κ1) is 18.4. The van der Waals surface area contributed by atoms with E-state index in [0.29, 0.717) is 57.1 Å². The van der Waals surface area contributed by atoms with E-state index >= 15 is 0 Å². The molecule has 0 aromatic heterocycles. The molecule has 2 fully saturated rings. The van der Waals surface area contributed by atoms with Gasteiger partial charge < -0.3 is 9.64 Å². The topological polar surface area (TPSA) is 66.9 Å². The van der Waals surface area contributed by atoms with Crippen LogP contribution in [0.2, 0.25) is 0 Å². The van der Waals surface area contributed by atoms with Gasteiger partial charge in [0, 0.05) is 32.1 Å². The molecule has 2 aromatic rings. The number of rotatable bonds is 3. The highest BCUT2D eigenvalue weighted by atomic mass is 32.2. The molecule has 2 aliphatic rings. The number of fused-ring (bicyclic) bond motifs is 1. The van der Waals surface area contributed by atoms with Crippen LogP contribution in [0.4, 0.5) is 0 Å². The van der Waals surface area contributed by atoms with Crippen LogP contribution in [0, 0.1) is 5.92 Å². The zero-order chi connectivity index (χ0) is 18.9. The summed E-state index contributed by atoms with van der Waals surface area (Å²) in [6, 6.07) is 13.0. The van der Waals surface area contributed by atoms with Gasteiger partial charge in [0.1, 0.15) is 0 Å². The number of piperidine rings is 1. The maximum atomic E-state index is 13.0. The lowest BCUT2D eigenvalue weighted by molar-refractivity contribution is -0.140. The molecule has 1 amide bonds. The minimum absolute atomic E-state index is 0.0915. The van der Waals surface area contributed by atoms with E-state index in [1.54, 1.807) is 12.1 Å². The van der Waals surface area contributed by atoms with Crippen LogP contribution in [-0.4, -0.2) is 62.9 Å². The van der Waals surface area contributed by atoms with Gasteiger partial charge in [-0.25, -0.2) is 8.42 Å². The molecule has 0 N–H and O–H groups in total. The number of carbonyl (C=O) groups excluding carboxylic acids is 1. The second-order valence-electron chi connectivity index (χ2n) is 7.12. The third-order valence-corrected chi connectivity index (χ3v) is 7.38. The molecule has 27 heavy (non-hydrogen) atoms. The summed E-state index contributed by atoms with van der Waals surface area (Å²) in [5, 5.41) is 1.93. The maximum Gasteiger partial charge on any atom is 0.243 e. The Hall–Kier alpha value is -1.96. The highest BCUT2D eigenvalue weighted by molar-refractivity contribution is 7.89. The number of benzene rings is 2. The largest absolute Gasteiger partial charge is 0.378 e. The van der Waals surface area contributed by atoms with E-state index in [0.717, 1.165) is 10.8 Å². The number of hydrogen-bond donors (Lipinski definition) is 0. The summed E-state index contributed by atoms with van der Waals surface area (Å²) in [4.78, 5) is 14.8. The summed E-state index contributed by atoms with van der Waals surface area (Å²) in [6.07, 6.45) is 1.14. The average molecular weight is 388 g/mol. The van der Waals surface area contributed by atoms with Crippen LogP contribution in [0.5, 0.6) is 0 Å². The van der Waals surface area contributed by atoms with Crippen molar-refractivity contribution in [3.05, 3.63) is 42.5 Å². The minimum atomic E-state index is -3.54. The van der Waals surface area contributed by atoms with Crippen molar-refractivity contribution < 1.29 is 17.9 Å². The van der Waals surface area contributed by atoms with Crippen LogP contribution in [0.3, 0.4) is 0 Å². The van der Waals surface area contributed by atoms with E-state index in [1.165, 1.54) is 4.31 Å². The van der Waals surface area contributed by atoms with E-state index in [9.17, 15) is 13.2 Å². The average Bonchev–Trinajstić information content (AvgIpc) is 2.73. The van der Waals surface area contributed by atoms with Gasteiger partial charge in [0.25, 0.3) is 0 Å². The molecule has 2 aliphatic heterocycles. The molecule has 0 atom stereocenters. The molecule has 0 saturated carbocycles. The fourth-order valence-electron chi connectivity index (χ4n) is 3.86. The lowest BCUT2D eigenvalue weighted by Crippen LogP contribution is -2.47. The third-order valence-electron chi connectivity index (χ3n) is 5.48. The number of hydrogen-bond acceptors (Lipinski definition) is 4. The van der Waals surface area contributed by atoms with Gasteiger partial charge in [-0.05, 0) is 35.7 Å². The van der Waals surface area contributed by atoms with Gasteiger partial charge in [0.2, 0.25) is 15.9 Å². The molecule has 0 aliphatic carbocycles. The van der Waals surface area contributed by atoms with Gasteiger partial charge in [-0.3, -0.25) is 4.79 Å². The normalized spacial score (nSPS) is 20.1. The maximum absolute atomic E-state index is 13.0. The molecule has 6 nitrogen and oxygen atoms in total. The quantitative estimate of drug-likeness (QED) is 0.808. The number of carbonyl (C=O) groups is 1. The zero-order valence-electron chi connectivity index (χ0n) is 15.2. The van der Waals surface area contributed by atoms with Crippen molar-refractivity contribution in [2.75, 3.05) is 39.4 Å². The first-order chi connectivity index (χ1) is 13.1. The Morgan fingerprint density at radius 3 is 2.30 bits per heavy atom. The Labute approximate surface area is 159 Å². The first-order valence-electron chi connectivity index (χ1n) is 9.41. The van der Waals surface area contributed by atoms with E-state index in [4.69, 9.17) is 4.74 Å². The van der Waals surface area contributed by atoms with Gasteiger partial charge in [-0.15, -0.1) is 0 Å². The number of ether oxygens (including phenoxy) is 1. The van der Waals surface area contributed by atoms with Gasteiger partial charge in [-0.2, -0.15) is 4.31 Å². The molecule has 2 saturated heterocycles. The smallest absolute Gasteiger partial charge is 0.243 e. The second kappa shape index (κ2) is 7.58. The minimum Gasteiger partial charge on any atom is -0.378 e. The van der Waals surface area contributed by atoms with Gasteiger partial charge >= 0.3 is 0 Å². The lowest BCUT2D eigenvalue weighted by atomic mass is 9.96. The predicted octanol–water partition coefficient (Wildman–Crippen LogP) is 2.10. The summed E-state index contributed by atoms with van der Waals surface area (Å²) in [6.45, 7) is 3.20. The fourth-order valence-corrected chi connectivity index (χ4v) is 5.37. The Bertz CT molecular complexity index is 930. The van der Waals surface area contributed by atoms with Crippen molar-refractivity contribution in [1.29, 1.82) is 0 Å². The molecule has 0 radical (unpaired) electrons. The van der Waals surface area contributed by atoms with E-state index < -0.39 is 10.0 Å². The number of sulfonamides is 1. The monoisotopic (exact) mass is 388 g/mol. The highest BCUT2D eigenvalue weighted by Crippen LogP contribution is 2.27. The molecule has 4 rings (SSSR count). The van der Waals surface area contributed by atoms with Gasteiger partial charge in [0.05, 0.1) is 18.1 Å². The molecule has 2 aromatic carbocycles. The van der Waals surface area contributed by atoms with Crippen molar-refractivity contribution in [2.45, 2.75) is 17.7 Å². The number of morpholine rings is 1. The number of amides is 1. The summed E-state index contributed by atoms with van der Waals surface area (Å²) >= 11 is 0. The third kappa shape index (κ3) is 3.72. The van der Waals surface area contributed by atoms with Crippen molar-refractivity contribution >= 4 is 26.7 Å². The molecule has 0 bridgehead atoms. The van der Waals surface area contributed by atoms with E-state index in [2.05, 4.69) is 0 Å². The molecular weight excluding hydrogens is 364 g/mol. The summed E-state index contributed by atoms with van der Waals surface area (Å²) in [7, 11) is -3.54. The molecular formula is C20H24N2O4S. The van der Waals surface area contributed by atoms with Crippen LogP contribution < -0.4 is 0 Å². The van der Waals surface area contributed by atoms with Crippen LogP contribution in [-0.2, 0) is 19.6 Å². The molecule has 144 valence electrons. The molecule has 0 spiro atoms. The lowest BCUT2D eigenvalue weighted by Gasteiger charge is -2.35. The van der Waals surface area contributed by atoms with Crippen LogP contribution in [0.25, 0.3) is 10.8 Å². The van der Waals surface area contributed by atoms with Gasteiger partial charge in [-0.1, -0.05) is 30.3 Å². The fraction of sp³-hybridized carbons (Fsp3) is 0.450. The van der Waals surface area contributed by atoms with Crippen molar-refractivity contribution in [3.8, 4) is 0 Å². The summed E-state index contributed by atoms with van der Waals surface area (Å²) in [5.74, 6) is 0.0483. The van der Waals surface area contributed by atoms with E-state index in [1.807, 2.05) is 35.2 Å². The standard InChI is InChI=1S/C20H24N2O4S/c23-20(21-11-13-26-14-12-21)17-7-9-22(10-8-17)27(24,25)19-6-5-16-3-1-2-4-18(16)15-19/h1-6,15,17H,7-14H2. The molecule has 2 heterocycles. The number of nitrogens with zero attached hydrogens (tertiary/aromatic N) is 2. The SMILES string of the molecule is O=C(C1CCN(S(=O)(=O)c2ccc3ccccc3c2)CC1)N1CCOCC1. The van der Waals surface area contributed by atoms with Crippen molar-refractivity contribution in [1.82, 2.24) is 9.21 Å². The Morgan fingerprint density at radius 2 is 1.59 bits per heavy atom. The highest BCUT2D eigenvalue weighted by Gasteiger charge is 2.34. The van der Waals surface area contributed by atoms with Crippen LogP contribution >= 0.6 is 0 Å². The van der Waals surface area contributed by atoms with E-state index in [-0.39, 0.29) is 11.8 Å². The Morgan fingerprint density at radius 1 is 0.926 bits per heavy atom. The summed E-state index contributed by atoms with van der Waals surface area (Å²) < 4.78 is 32.9. The van der Waals surface area contributed by atoms with Crippen molar-refractivity contribution in [3.63, 3.8) is 0 Å². The Balaban J connectivity index is 1.45. The second-order valence-corrected chi connectivity index (χ2v) is 9.06. The zero-order valence-corrected chi connectivity index (χ0v) is 16.0. The van der Waals surface area contributed by atoms with Crippen molar-refractivity contribution in [2.24, 2.45) is 5.92 Å². The molecule has 0 unspecified atom stereocenters.